The molecule has 0 radical (unpaired) electrons. The second-order valence-electron chi connectivity index (χ2n) is 9.15. The van der Waals surface area contributed by atoms with Crippen molar-refractivity contribution >= 4 is 5.90 Å². The van der Waals surface area contributed by atoms with Crippen LogP contribution in [0.5, 0.6) is 0 Å². The Balaban J connectivity index is 1.79. The van der Waals surface area contributed by atoms with Gasteiger partial charge < -0.3 is 34.3 Å². The molecule has 3 rings (SSSR count). The zero-order valence-corrected chi connectivity index (χ0v) is 19.4. The summed E-state index contributed by atoms with van der Waals surface area (Å²) in [5, 5.41) is 32.0. The van der Waals surface area contributed by atoms with Crippen LogP contribution in [0.1, 0.15) is 72.6 Å². The zero-order chi connectivity index (χ0) is 22.5. The minimum absolute atomic E-state index is 0.00176. The Morgan fingerprint density at radius 2 is 1.61 bits per heavy atom. The summed E-state index contributed by atoms with van der Waals surface area (Å²) in [6.45, 7) is 7.82. The van der Waals surface area contributed by atoms with Gasteiger partial charge >= 0.3 is 0 Å². The second-order valence-corrected chi connectivity index (χ2v) is 9.15. The molecule has 10 atom stereocenters. The van der Waals surface area contributed by atoms with E-state index in [4.69, 9.17) is 18.9 Å². The minimum Gasteiger partial charge on any atom is -0.450 e. The van der Waals surface area contributed by atoms with Crippen LogP contribution < -0.4 is 0 Å². The van der Waals surface area contributed by atoms with E-state index in [0.29, 0.717) is 5.90 Å². The lowest BCUT2D eigenvalue weighted by Crippen LogP contribution is -2.61. The van der Waals surface area contributed by atoms with Gasteiger partial charge in [0, 0.05) is 6.92 Å². The van der Waals surface area contributed by atoms with Crippen molar-refractivity contribution in [2.45, 2.75) is 122 Å². The fraction of sp³-hybridized carbons (Fsp3) is 0.957. The van der Waals surface area contributed by atoms with Crippen LogP contribution >= 0.6 is 0 Å². The van der Waals surface area contributed by atoms with Crippen LogP contribution in [0.2, 0.25) is 0 Å². The Kier molecular flexibility index (Phi) is 9.13. The van der Waals surface area contributed by atoms with Gasteiger partial charge in [0.15, 0.2) is 12.2 Å². The van der Waals surface area contributed by atoms with E-state index in [1.807, 2.05) is 0 Å². The van der Waals surface area contributed by atoms with Crippen molar-refractivity contribution < 1.29 is 34.3 Å². The zero-order valence-electron chi connectivity index (χ0n) is 19.4. The minimum atomic E-state index is -1.03. The van der Waals surface area contributed by atoms with E-state index in [-0.39, 0.29) is 24.5 Å². The molecule has 3 N–H and O–H groups in total. The first-order valence-corrected chi connectivity index (χ1v) is 12.1. The fourth-order valence-corrected chi connectivity index (χ4v) is 5.35. The average molecular weight is 444 g/mol. The highest BCUT2D eigenvalue weighted by Gasteiger charge is 2.52. The third-order valence-electron chi connectivity index (χ3n) is 6.87. The van der Waals surface area contributed by atoms with Crippen molar-refractivity contribution in [2.75, 3.05) is 6.61 Å². The van der Waals surface area contributed by atoms with Gasteiger partial charge in [-0.3, -0.25) is 0 Å². The van der Waals surface area contributed by atoms with Gasteiger partial charge in [0.05, 0.1) is 12.7 Å². The third kappa shape index (κ3) is 5.42. The first-order chi connectivity index (χ1) is 14.9. The predicted octanol–water partition coefficient (Wildman–Crippen LogP) is 2.38. The molecule has 0 aromatic carbocycles. The Morgan fingerprint density at radius 3 is 2.26 bits per heavy atom. The summed E-state index contributed by atoms with van der Waals surface area (Å²) in [5.74, 6) is 0.792. The van der Waals surface area contributed by atoms with Crippen molar-refractivity contribution in [3.8, 4) is 0 Å². The van der Waals surface area contributed by atoms with E-state index < -0.39 is 43.0 Å². The van der Waals surface area contributed by atoms with Crippen LogP contribution in [-0.2, 0) is 18.9 Å². The average Bonchev–Trinajstić information content (AvgIpc) is 3.13. The summed E-state index contributed by atoms with van der Waals surface area (Å²) < 4.78 is 23.8. The van der Waals surface area contributed by atoms with Crippen LogP contribution in [0, 0.1) is 11.8 Å². The molecular weight excluding hydrogens is 402 g/mol. The van der Waals surface area contributed by atoms with Crippen molar-refractivity contribution in [3.63, 3.8) is 0 Å². The quantitative estimate of drug-likeness (QED) is 0.475. The van der Waals surface area contributed by atoms with E-state index in [1.54, 1.807) is 6.92 Å². The normalized spacial score (nSPS) is 42.7. The molecule has 0 spiro atoms. The molecule has 0 aromatic rings. The number of rotatable bonds is 10. The maximum Gasteiger partial charge on any atom is 0.227 e. The summed E-state index contributed by atoms with van der Waals surface area (Å²) >= 11 is 0. The summed E-state index contributed by atoms with van der Waals surface area (Å²) in [6, 6.07) is -0.622. The summed E-state index contributed by atoms with van der Waals surface area (Å²) in [7, 11) is 0. The summed E-state index contributed by atoms with van der Waals surface area (Å²) in [6.07, 6.45) is 1.85. The standard InChI is InChI=1S/C23H41NO7/c1-5-8-11-16-14(9-6-2)15(10-7-3)19(26)23(29-16)31-21-17(12-25)30-22-18(20(21)27)24-13(4)28-22/h14-23,25-27H,5-12H2,1-4H3/t14-,15-,16+,17+,18+,19-,20+,21+,22-,23-/m0/s1. The molecular formula is C23H41NO7. The molecule has 3 aliphatic heterocycles. The molecule has 2 saturated heterocycles. The highest BCUT2D eigenvalue weighted by molar-refractivity contribution is 5.75. The van der Waals surface area contributed by atoms with E-state index in [0.717, 1.165) is 44.9 Å². The fourth-order valence-electron chi connectivity index (χ4n) is 5.35. The molecule has 8 nitrogen and oxygen atoms in total. The number of unbranched alkanes of at least 4 members (excludes halogenated alkanes) is 1. The molecule has 0 aromatic heterocycles. The Hall–Kier alpha value is -0.770. The number of nitrogens with zero attached hydrogens (tertiary/aromatic N) is 1. The van der Waals surface area contributed by atoms with Gasteiger partial charge in [0.2, 0.25) is 6.29 Å². The molecule has 0 unspecified atom stereocenters. The highest BCUT2D eigenvalue weighted by Crippen LogP contribution is 2.41. The Morgan fingerprint density at radius 1 is 0.903 bits per heavy atom. The van der Waals surface area contributed by atoms with Crippen LogP contribution in [0.15, 0.2) is 4.99 Å². The summed E-state index contributed by atoms with van der Waals surface area (Å²) in [4.78, 5) is 4.31. The molecule has 0 amide bonds. The first-order valence-electron chi connectivity index (χ1n) is 12.1. The highest BCUT2D eigenvalue weighted by atomic mass is 16.7. The van der Waals surface area contributed by atoms with Gasteiger partial charge in [0.1, 0.15) is 30.5 Å². The van der Waals surface area contributed by atoms with Gasteiger partial charge in [-0.05, 0) is 31.1 Å². The van der Waals surface area contributed by atoms with Crippen molar-refractivity contribution in [1.29, 1.82) is 0 Å². The van der Waals surface area contributed by atoms with Gasteiger partial charge in [-0.1, -0.05) is 46.5 Å². The van der Waals surface area contributed by atoms with Crippen LogP contribution in [0.4, 0.5) is 0 Å². The number of aliphatic hydroxyl groups excluding tert-OH is 3. The molecule has 8 heteroatoms. The van der Waals surface area contributed by atoms with Gasteiger partial charge in [0.25, 0.3) is 0 Å². The third-order valence-corrected chi connectivity index (χ3v) is 6.87. The van der Waals surface area contributed by atoms with Gasteiger partial charge in [-0.2, -0.15) is 0 Å². The first kappa shape index (κ1) is 24.9. The predicted molar refractivity (Wildman–Crippen MR) is 116 cm³/mol. The molecule has 31 heavy (non-hydrogen) atoms. The van der Waals surface area contributed by atoms with E-state index in [1.165, 1.54) is 0 Å². The largest absolute Gasteiger partial charge is 0.450 e. The maximum atomic E-state index is 11.2. The molecule has 3 aliphatic rings. The second kappa shape index (κ2) is 11.4. The van der Waals surface area contributed by atoms with E-state index >= 15 is 0 Å². The smallest absolute Gasteiger partial charge is 0.227 e. The topological polar surface area (TPSA) is 110 Å². The van der Waals surface area contributed by atoms with E-state index in [2.05, 4.69) is 25.8 Å². The monoisotopic (exact) mass is 443 g/mol. The number of hydrogen-bond donors (Lipinski definition) is 3. The van der Waals surface area contributed by atoms with Crippen molar-refractivity contribution in [2.24, 2.45) is 16.8 Å². The van der Waals surface area contributed by atoms with Crippen molar-refractivity contribution in [1.82, 2.24) is 0 Å². The van der Waals surface area contributed by atoms with E-state index in [9.17, 15) is 15.3 Å². The lowest BCUT2D eigenvalue weighted by atomic mass is 9.74. The number of ether oxygens (including phenoxy) is 4. The molecule has 2 fully saturated rings. The van der Waals surface area contributed by atoms with Crippen LogP contribution in [-0.4, -0.2) is 77.0 Å². The Labute approximate surface area is 185 Å². The molecule has 180 valence electrons. The number of aliphatic hydroxyl groups is 3. The van der Waals surface area contributed by atoms with Crippen LogP contribution in [0.3, 0.4) is 0 Å². The maximum absolute atomic E-state index is 11.2. The number of fused-ring (bicyclic) bond motifs is 1. The van der Waals surface area contributed by atoms with Crippen molar-refractivity contribution in [3.05, 3.63) is 0 Å². The summed E-state index contributed by atoms with van der Waals surface area (Å²) in [5.41, 5.74) is 0. The number of aliphatic imine (C=N–C) groups is 1. The molecule has 0 aliphatic carbocycles. The van der Waals surface area contributed by atoms with Crippen LogP contribution in [0.25, 0.3) is 0 Å². The molecule has 0 saturated carbocycles. The van der Waals surface area contributed by atoms with Gasteiger partial charge in [-0.15, -0.1) is 0 Å². The lowest BCUT2D eigenvalue weighted by Gasteiger charge is -2.48. The molecule has 3 heterocycles. The Bertz CT molecular complexity index is 588. The van der Waals surface area contributed by atoms with Gasteiger partial charge in [-0.25, -0.2) is 4.99 Å². The lowest BCUT2D eigenvalue weighted by molar-refractivity contribution is -0.330. The molecule has 0 bridgehead atoms. The SMILES string of the molecule is CCCC[C@H]1O[C@@H](O[C@H]2[C@H](O)[C@H]3N=C(C)O[C@H]3O[C@@H]2CO)[C@@H](O)[C@@H](CCC)[C@@H]1CCC. The number of hydrogen-bond acceptors (Lipinski definition) is 8.